The summed E-state index contributed by atoms with van der Waals surface area (Å²) in [6.07, 6.45) is 0.520. The van der Waals surface area contributed by atoms with Gasteiger partial charge in [-0.1, -0.05) is 30.4 Å². The summed E-state index contributed by atoms with van der Waals surface area (Å²) in [4.78, 5) is 52.9. The summed E-state index contributed by atoms with van der Waals surface area (Å²) in [5.41, 5.74) is 0.464. The first-order valence-corrected chi connectivity index (χ1v) is 9.24. The lowest BCUT2D eigenvalue weighted by atomic mass is 10.1. The Hall–Kier alpha value is -3.16. The third-order valence-electron chi connectivity index (χ3n) is 4.11. The van der Waals surface area contributed by atoms with Crippen molar-refractivity contribution in [2.24, 2.45) is 0 Å². The van der Waals surface area contributed by atoms with E-state index in [9.17, 15) is 19.2 Å². The first-order chi connectivity index (χ1) is 13.5. The fourth-order valence-electron chi connectivity index (χ4n) is 2.75. The third kappa shape index (κ3) is 5.43. The standard InChI is InChI=1S/C21H26N2O6/c1-6-13-28-19(26)16-18(25)23(17(24)15-9-7-14(2)8-10-15)12-11-22(16)20(27)29-21(3,4)5/h6-10,16H,1,11-13H2,2-5H3. The second-order valence-electron chi connectivity index (χ2n) is 7.66. The number of rotatable bonds is 4. The van der Waals surface area contributed by atoms with Crippen molar-refractivity contribution in [1.82, 2.24) is 9.80 Å². The highest BCUT2D eigenvalue weighted by Gasteiger charge is 2.46. The Balaban J connectivity index is 2.30. The molecule has 29 heavy (non-hydrogen) atoms. The molecule has 1 atom stereocenters. The molecule has 1 heterocycles. The molecule has 1 fully saturated rings. The molecule has 2 rings (SSSR count). The molecule has 1 unspecified atom stereocenters. The molecule has 0 spiro atoms. The molecule has 0 aliphatic carbocycles. The van der Waals surface area contributed by atoms with Crippen LogP contribution in [0.3, 0.4) is 0 Å². The Morgan fingerprint density at radius 1 is 1.17 bits per heavy atom. The summed E-state index contributed by atoms with van der Waals surface area (Å²) < 4.78 is 10.3. The average molecular weight is 402 g/mol. The summed E-state index contributed by atoms with van der Waals surface area (Å²) >= 11 is 0. The van der Waals surface area contributed by atoms with Gasteiger partial charge in [0.1, 0.15) is 12.2 Å². The van der Waals surface area contributed by atoms with Crippen molar-refractivity contribution in [3.05, 3.63) is 48.0 Å². The Labute approximate surface area is 170 Å². The first-order valence-electron chi connectivity index (χ1n) is 9.24. The monoisotopic (exact) mass is 402 g/mol. The number of imide groups is 1. The minimum absolute atomic E-state index is 0.0495. The van der Waals surface area contributed by atoms with Crippen LogP contribution in [0.5, 0.6) is 0 Å². The molecule has 0 N–H and O–H groups in total. The van der Waals surface area contributed by atoms with Gasteiger partial charge in [0, 0.05) is 18.7 Å². The van der Waals surface area contributed by atoms with Crippen molar-refractivity contribution in [3.8, 4) is 0 Å². The molecule has 1 aliphatic heterocycles. The van der Waals surface area contributed by atoms with Crippen LogP contribution in [0.25, 0.3) is 0 Å². The van der Waals surface area contributed by atoms with Gasteiger partial charge in [0.2, 0.25) is 6.04 Å². The molecule has 1 aromatic carbocycles. The van der Waals surface area contributed by atoms with Gasteiger partial charge in [0.15, 0.2) is 0 Å². The smallest absolute Gasteiger partial charge is 0.411 e. The molecular weight excluding hydrogens is 376 g/mol. The summed E-state index contributed by atoms with van der Waals surface area (Å²) in [5.74, 6) is -2.32. The van der Waals surface area contributed by atoms with Gasteiger partial charge in [0.25, 0.3) is 11.8 Å². The first kappa shape index (κ1) is 22.1. The van der Waals surface area contributed by atoms with E-state index in [-0.39, 0.29) is 19.7 Å². The van der Waals surface area contributed by atoms with E-state index in [1.54, 1.807) is 45.0 Å². The molecule has 8 nitrogen and oxygen atoms in total. The number of piperazine rings is 1. The van der Waals surface area contributed by atoms with Crippen molar-refractivity contribution < 1.29 is 28.7 Å². The molecule has 1 aromatic rings. The average Bonchev–Trinajstić information content (AvgIpc) is 2.64. The van der Waals surface area contributed by atoms with E-state index in [4.69, 9.17) is 9.47 Å². The van der Waals surface area contributed by atoms with Gasteiger partial charge >= 0.3 is 12.1 Å². The molecule has 3 amide bonds. The number of ether oxygens (including phenoxy) is 2. The molecule has 8 heteroatoms. The van der Waals surface area contributed by atoms with Crippen LogP contribution in [0.1, 0.15) is 36.7 Å². The summed E-state index contributed by atoms with van der Waals surface area (Å²) in [6.45, 7) is 10.1. The van der Waals surface area contributed by atoms with E-state index in [1.165, 1.54) is 6.08 Å². The number of benzene rings is 1. The largest absolute Gasteiger partial charge is 0.460 e. The molecule has 1 saturated heterocycles. The highest BCUT2D eigenvalue weighted by Crippen LogP contribution is 2.20. The maximum absolute atomic E-state index is 13.0. The van der Waals surface area contributed by atoms with Crippen LogP contribution in [0.2, 0.25) is 0 Å². The summed E-state index contributed by atoms with van der Waals surface area (Å²) in [7, 11) is 0. The Morgan fingerprint density at radius 2 is 1.79 bits per heavy atom. The molecular formula is C21H26N2O6. The van der Waals surface area contributed by atoms with Gasteiger partial charge in [-0.15, -0.1) is 0 Å². The predicted molar refractivity (Wildman–Crippen MR) is 105 cm³/mol. The molecule has 0 bridgehead atoms. The van der Waals surface area contributed by atoms with Gasteiger partial charge in [-0.05, 0) is 39.8 Å². The van der Waals surface area contributed by atoms with E-state index in [1.807, 2.05) is 6.92 Å². The lowest BCUT2D eigenvalue weighted by molar-refractivity contribution is -0.158. The van der Waals surface area contributed by atoms with E-state index in [0.29, 0.717) is 5.56 Å². The van der Waals surface area contributed by atoms with E-state index < -0.39 is 35.5 Å². The second-order valence-corrected chi connectivity index (χ2v) is 7.66. The van der Waals surface area contributed by atoms with Crippen LogP contribution in [-0.2, 0) is 19.1 Å². The van der Waals surface area contributed by atoms with Crippen molar-refractivity contribution >= 4 is 23.9 Å². The molecule has 156 valence electrons. The second kappa shape index (κ2) is 8.89. The van der Waals surface area contributed by atoms with Gasteiger partial charge in [-0.3, -0.25) is 19.4 Å². The van der Waals surface area contributed by atoms with Gasteiger partial charge in [-0.25, -0.2) is 9.59 Å². The zero-order valence-corrected chi connectivity index (χ0v) is 17.1. The van der Waals surface area contributed by atoms with Crippen molar-refractivity contribution in [3.63, 3.8) is 0 Å². The quantitative estimate of drug-likeness (QED) is 0.332. The van der Waals surface area contributed by atoms with Crippen LogP contribution in [0, 0.1) is 6.92 Å². The molecule has 0 saturated carbocycles. The number of nitrogens with zero attached hydrogens (tertiary/aromatic N) is 2. The van der Waals surface area contributed by atoms with Crippen LogP contribution in [0.4, 0.5) is 4.79 Å². The highest BCUT2D eigenvalue weighted by atomic mass is 16.6. The zero-order chi connectivity index (χ0) is 21.8. The minimum atomic E-state index is -1.60. The fourth-order valence-corrected chi connectivity index (χ4v) is 2.75. The van der Waals surface area contributed by atoms with Crippen molar-refractivity contribution in [2.45, 2.75) is 39.3 Å². The Kier molecular flexibility index (Phi) is 6.79. The maximum atomic E-state index is 13.0. The van der Waals surface area contributed by atoms with Crippen LogP contribution >= 0.6 is 0 Å². The molecule has 1 aliphatic rings. The fraction of sp³-hybridized carbons (Fsp3) is 0.429. The number of carbonyl (C=O) groups excluding carboxylic acids is 4. The third-order valence-corrected chi connectivity index (χ3v) is 4.11. The van der Waals surface area contributed by atoms with Crippen LogP contribution < -0.4 is 0 Å². The maximum Gasteiger partial charge on any atom is 0.411 e. The number of amides is 3. The topological polar surface area (TPSA) is 93.2 Å². The number of hydrogen-bond donors (Lipinski definition) is 0. The number of hydrogen-bond acceptors (Lipinski definition) is 6. The predicted octanol–water partition coefficient (Wildman–Crippen LogP) is 2.31. The van der Waals surface area contributed by atoms with E-state index in [2.05, 4.69) is 6.58 Å². The van der Waals surface area contributed by atoms with Gasteiger partial charge in [0.05, 0.1) is 0 Å². The lowest BCUT2D eigenvalue weighted by Crippen LogP contribution is -2.63. The Morgan fingerprint density at radius 3 is 2.34 bits per heavy atom. The number of esters is 1. The van der Waals surface area contributed by atoms with Crippen LogP contribution in [0.15, 0.2) is 36.9 Å². The Bertz CT molecular complexity index is 809. The van der Waals surface area contributed by atoms with E-state index in [0.717, 1.165) is 15.4 Å². The summed E-state index contributed by atoms with van der Waals surface area (Å²) in [5, 5.41) is 0. The van der Waals surface area contributed by atoms with Gasteiger partial charge in [-0.2, -0.15) is 0 Å². The number of carbonyl (C=O) groups is 4. The van der Waals surface area contributed by atoms with E-state index >= 15 is 0 Å². The van der Waals surface area contributed by atoms with Crippen molar-refractivity contribution in [1.29, 1.82) is 0 Å². The van der Waals surface area contributed by atoms with Crippen LogP contribution in [-0.4, -0.2) is 65.0 Å². The SMILES string of the molecule is C=CCOC(=O)C1C(=O)N(C(=O)c2ccc(C)cc2)CCN1C(=O)OC(C)(C)C. The van der Waals surface area contributed by atoms with Crippen molar-refractivity contribution in [2.75, 3.05) is 19.7 Å². The summed E-state index contributed by atoms with van der Waals surface area (Å²) in [6, 6.07) is 5.12. The highest BCUT2D eigenvalue weighted by molar-refractivity contribution is 6.13. The zero-order valence-electron chi connectivity index (χ0n) is 17.1. The molecule has 0 radical (unpaired) electrons. The normalized spacial score (nSPS) is 17.0. The van der Waals surface area contributed by atoms with Gasteiger partial charge < -0.3 is 9.47 Å². The molecule has 0 aromatic heterocycles. The minimum Gasteiger partial charge on any atom is -0.460 e. The number of aryl methyl sites for hydroxylation is 1. The lowest BCUT2D eigenvalue weighted by Gasteiger charge is -2.38.